The van der Waals surface area contributed by atoms with Crippen LogP contribution in [0.2, 0.25) is 5.15 Å². The van der Waals surface area contributed by atoms with Crippen molar-refractivity contribution in [3.63, 3.8) is 0 Å². The lowest BCUT2D eigenvalue weighted by Gasteiger charge is -2.20. The van der Waals surface area contributed by atoms with Crippen molar-refractivity contribution in [2.45, 2.75) is 13.5 Å². The molecule has 0 fully saturated rings. The number of rotatable bonds is 4. The van der Waals surface area contributed by atoms with E-state index >= 15 is 0 Å². The average molecular weight is 238 g/mol. The molecule has 0 saturated heterocycles. The van der Waals surface area contributed by atoms with E-state index in [0.29, 0.717) is 11.7 Å². The zero-order valence-corrected chi connectivity index (χ0v) is 9.68. The van der Waals surface area contributed by atoms with Gasteiger partial charge in [0.25, 0.3) is 0 Å². The maximum absolute atomic E-state index is 5.80. The van der Waals surface area contributed by atoms with Crippen molar-refractivity contribution in [1.29, 1.82) is 0 Å². The van der Waals surface area contributed by atoms with Gasteiger partial charge in [-0.2, -0.15) is 0 Å². The zero-order chi connectivity index (χ0) is 11.4. The molecule has 16 heavy (non-hydrogen) atoms. The Labute approximate surface area is 98.9 Å². The van der Waals surface area contributed by atoms with Crippen molar-refractivity contribution in [1.82, 2.24) is 9.97 Å². The monoisotopic (exact) mass is 237 g/mol. The maximum Gasteiger partial charge on any atom is 0.149 e. The van der Waals surface area contributed by atoms with Gasteiger partial charge in [-0.15, -0.1) is 0 Å². The molecular formula is C11H12ClN3O. The summed E-state index contributed by atoms with van der Waals surface area (Å²) in [7, 11) is 0. The van der Waals surface area contributed by atoms with Crippen molar-refractivity contribution in [3.05, 3.63) is 41.7 Å². The molecule has 0 atom stereocenters. The van der Waals surface area contributed by atoms with Gasteiger partial charge in [0.05, 0.1) is 25.2 Å². The molecule has 4 nitrogen and oxygen atoms in total. The van der Waals surface area contributed by atoms with Crippen LogP contribution in [0.1, 0.15) is 12.7 Å². The van der Waals surface area contributed by atoms with Crippen LogP contribution >= 0.6 is 11.6 Å². The van der Waals surface area contributed by atoms with Crippen molar-refractivity contribution < 1.29 is 4.42 Å². The summed E-state index contributed by atoms with van der Waals surface area (Å²) in [5, 5.41) is 0.399. The summed E-state index contributed by atoms with van der Waals surface area (Å²) in [5.41, 5.74) is 0. The molecule has 2 rings (SSSR count). The molecule has 2 aromatic heterocycles. The normalized spacial score (nSPS) is 10.4. The summed E-state index contributed by atoms with van der Waals surface area (Å²) in [4.78, 5) is 10.3. The van der Waals surface area contributed by atoms with Gasteiger partial charge in [0.2, 0.25) is 0 Å². The lowest BCUT2D eigenvalue weighted by Crippen LogP contribution is -2.22. The Bertz CT molecular complexity index is 444. The van der Waals surface area contributed by atoms with E-state index in [1.54, 1.807) is 12.5 Å². The first-order valence-corrected chi connectivity index (χ1v) is 5.42. The van der Waals surface area contributed by atoms with Gasteiger partial charge in [0, 0.05) is 6.54 Å². The highest BCUT2D eigenvalue weighted by Crippen LogP contribution is 2.15. The van der Waals surface area contributed by atoms with Crippen molar-refractivity contribution >= 4 is 17.4 Å². The Hall–Kier alpha value is -1.55. The summed E-state index contributed by atoms with van der Waals surface area (Å²) < 4.78 is 5.29. The Morgan fingerprint density at radius 3 is 2.94 bits per heavy atom. The van der Waals surface area contributed by atoms with Crippen LogP contribution in [-0.2, 0) is 6.54 Å². The van der Waals surface area contributed by atoms with Gasteiger partial charge in [-0.3, -0.25) is 4.98 Å². The number of halogens is 1. The third-order valence-corrected chi connectivity index (χ3v) is 2.41. The zero-order valence-electron chi connectivity index (χ0n) is 8.93. The fraction of sp³-hybridized carbons (Fsp3) is 0.273. The first kappa shape index (κ1) is 11.0. The highest BCUT2D eigenvalue weighted by atomic mass is 35.5. The molecule has 0 saturated carbocycles. The molecule has 84 valence electrons. The fourth-order valence-electron chi connectivity index (χ4n) is 1.43. The number of hydrogen-bond donors (Lipinski definition) is 0. The molecule has 0 N–H and O–H groups in total. The molecule has 0 aromatic carbocycles. The van der Waals surface area contributed by atoms with E-state index in [1.165, 1.54) is 6.20 Å². The van der Waals surface area contributed by atoms with Crippen LogP contribution in [0.3, 0.4) is 0 Å². The second-order valence-electron chi connectivity index (χ2n) is 3.29. The van der Waals surface area contributed by atoms with E-state index in [0.717, 1.165) is 18.1 Å². The fourth-order valence-corrected chi connectivity index (χ4v) is 1.57. The molecule has 0 aliphatic heterocycles. The first-order valence-electron chi connectivity index (χ1n) is 5.04. The topological polar surface area (TPSA) is 42.2 Å². The van der Waals surface area contributed by atoms with Gasteiger partial charge in [-0.1, -0.05) is 11.6 Å². The minimum absolute atomic E-state index is 0.399. The number of furan rings is 1. The molecule has 0 radical (unpaired) electrons. The van der Waals surface area contributed by atoms with Gasteiger partial charge in [-0.25, -0.2) is 4.98 Å². The molecule has 0 unspecified atom stereocenters. The van der Waals surface area contributed by atoms with Gasteiger partial charge in [-0.05, 0) is 19.1 Å². The van der Waals surface area contributed by atoms with E-state index in [4.69, 9.17) is 16.0 Å². The highest BCUT2D eigenvalue weighted by Gasteiger charge is 2.09. The minimum atomic E-state index is 0.399. The second-order valence-corrected chi connectivity index (χ2v) is 3.68. The van der Waals surface area contributed by atoms with Gasteiger partial charge in [0.1, 0.15) is 16.7 Å². The Morgan fingerprint density at radius 1 is 1.44 bits per heavy atom. The van der Waals surface area contributed by atoms with E-state index in [9.17, 15) is 0 Å². The third kappa shape index (κ3) is 2.52. The SMILES string of the molecule is CCN(Cc1ccco1)c1cncc(Cl)n1. The predicted molar refractivity (Wildman–Crippen MR) is 62.5 cm³/mol. The van der Waals surface area contributed by atoms with Crippen LogP contribution in [0, 0.1) is 0 Å². The molecule has 0 bridgehead atoms. The number of hydrogen-bond acceptors (Lipinski definition) is 4. The van der Waals surface area contributed by atoms with Crippen molar-refractivity contribution in [2.24, 2.45) is 0 Å². The molecule has 0 amide bonds. The average Bonchev–Trinajstić information content (AvgIpc) is 2.78. The predicted octanol–water partition coefficient (Wildman–Crippen LogP) is 2.75. The van der Waals surface area contributed by atoms with Crippen molar-refractivity contribution in [3.8, 4) is 0 Å². The molecule has 0 aliphatic rings. The van der Waals surface area contributed by atoms with Crippen LogP contribution in [0.5, 0.6) is 0 Å². The minimum Gasteiger partial charge on any atom is -0.467 e. The lowest BCUT2D eigenvalue weighted by atomic mass is 10.4. The number of nitrogens with zero attached hydrogens (tertiary/aromatic N) is 3. The first-order chi connectivity index (χ1) is 7.79. The summed E-state index contributed by atoms with van der Waals surface area (Å²) >= 11 is 5.80. The van der Waals surface area contributed by atoms with Crippen LogP contribution in [-0.4, -0.2) is 16.5 Å². The number of anilines is 1. The molecule has 2 heterocycles. The largest absolute Gasteiger partial charge is 0.467 e. The smallest absolute Gasteiger partial charge is 0.149 e. The Balaban J connectivity index is 2.16. The van der Waals surface area contributed by atoms with Gasteiger partial charge < -0.3 is 9.32 Å². The Morgan fingerprint density at radius 2 is 2.31 bits per heavy atom. The highest BCUT2D eigenvalue weighted by molar-refractivity contribution is 6.29. The molecule has 0 spiro atoms. The summed E-state index contributed by atoms with van der Waals surface area (Å²) in [6.45, 7) is 3.53. The van der Waals surface area contributed by atoms with Gasteiger partial charge in [0.15, 0.2) is 0 Å². The summed E-state index contributed by atoms with van der Waals surface area (Å²) in [6.07, 6.45) is 4.87. The van der Waals surface area contributed by atoms with E-state index in [-0.39, 0.29) is 0 Å². The van der Waals surface area contributed by atoms with Crippen LogP contribution in [0.25, 0.3) is 0 Å². The quantitative estimate of drug-likeness (QED) is 0.820. The van der Waals surface area contributed by atoms with E-state index in [1.807, 2.05) is 24.0 Å². The van der Waals surface area contributed by atoms with Crippen LogP contribution in [0.4, 0.5) is 5.82 Å². The summed E-state index contributed by atoms with van der Waals surface area (Å²) in [5.74, 6) is 1.65. The molecule has 0 aliphatic carbocycles. The Kier molecular flexibility index (Phi) is 3.41. The number of aromatic nitrogens is 2. The van der Waals surface area contributed by atoms with Crippen LogP contribution in [0.15, 0.2) is 35.2 Å². The third-order valence-electron chi connectivity index (χ3n) is 2.22. The van der Waals surface area contributed by atoms with Crippen molar-refractivity contribution in [2.75, 3.05) is 11.4 Å². The molecular weight excluding hydrogens is 226 g/mol. The maximum atomic E-state index is 5.80. The van der Waals surface area contributed by atoms with E-state index in [2.05, 4.69) is 9.97 Å². The summed E-state index contributed by atoms with van der Waals surface area (Å²) in [6, 6.07) is 3.80. The van der Waals surface area contributed by atoms with Crippen LogP contribution < -0.4 is 4.90 Å². The second kappa shape index (κ2) is 4.99. The molecule has 2 aromatic rings. The standard InChI is InChI=1S/C11H12ClN3O/c1-2-15(8-9-4-3-5-16-9)11-7-13-6-10(12)14-11/h3-7H,2,8H2,1H3. The van der Waals surface area contributed by atoms with Gasteiger partial charge >= 0.3 is 0 Å². The van der Waals surface area contributed by atoms with E-state index < -0.39 is 0 Å². The molecule has 5 heteroatoms. The lowest BCUT2D eigenvalue weighted by molar-refractivity contribution is 0.502.